The SMILES string of the molecule is COc1ccc2cc(CN3CCC(CO)CC3)c3cc(O)c(OC)cc3c2c1. The fourth-order valence-corrected chi connectivity index (χ4v) is 4.21. The number of rotatable bonds is 5. The normalized spacial score (nSPS) is 16.0. The topological polar surface area (TPSA) is 62.2 Å². The lowest BCUT2D eigenvalue weighted by molar-refractivity contribution is 0.127. The van der Waals surface area contributed by atoms with Crippen LogP contribution in [0.5, 0.6) is 17.2 Å². The molecule has 1 fully saturated rings. The van der Waals surface area contributed by atoms with Crippen molar-refractivity contribution in [3.63, 3.8) is 0 Å². The minimum atomic E-state index is 0.150. The highest BCUT2D eigenvalue weighted by Crippen LogP contribution is 2.38. The zero-order valence-electron chi connectivity index (χ0n) is 16.4. The van der Waals surface area contributed by atoms with Crippen LogP contribution in [0.3, 0.4) is 0 Å². The Morgan fingerprint density at radius 1 is 0.964 bits per heavy atom. The number of methoxy groups -OCH3 is 2. The standard InChI is InChI=1S/C23H27NO4/c1-27-18-4-3-16-9-17(13-24-7-5-15(14-25)6-8-24)20-11-22(26)23(28-2)12-21(20)19(16)10-18/h3-4,9-12,15,25-26H,5-8,13-14H2,1-2H3. The lowest BCUT2D eigenvalue weighted by Crippen LogP contribution is -2.34. The van der Waals surface area contributed by atoms with Crippen LogP contribution in [0.2, 0.25) is 0 Å². The van der Waals surface area contributed by atoms with E-state index in [2.05, 4.69) is 17.0 Å². The number of aromatic hydroxyl groups is 1. The summed E-state index contributed by atoms with van der Waals surface area (Å²) in [5, 5.41) is 24.1. The third-order valence-corrected chi connectivity index (χ3v) is 5.90. The van der Waals surface area contributed by atoms with Crippen LogP contribution in [0, 0.1) is 5.92 Å². The van der Waals surface area contributed by atoms with Crippen LogP contribution in [0.1, 0.15) is 18.4 Å². The Morgan fingerprint density at radius 3 is 2.43 bits per heavy atom. The number of phenolic OH excluding ortho intramolecular Hbond substituents is 1. The molecule has 1 heterocycles. The molecule has 0 amide bonds. The van der Waals surface area contributed by atoms with Gasteiger partial charge in [-0.2, -0.15) is 0 Å². The van der Waals surface area contributed by atoms with Gasteiger partial charge in [0.05, 0.1) is 14.2 Å². The number of ether oxygens (including phenoxy) is 2. The van der Waals surface area contributed by atoms with Crippen molar-refractivity contribution >= 4 is 21.5 Å². The molecule has 28 heavy (non-hydrogen) atoms. The van der Waals surface area contributed by atoms with Crippen molar-refractivity contribution in [1.82, 2.24) is 4.90 Å². The first-order chi connectivity index (χ1) is 13.6. The van der Waals surface area contributed by atoms with Crippen LogP contribution in [0.4, 0.5) is 0 Å². The van der Waals surface area contributed by atoms with E-state index < -0.39 is 0 Å². The lowest BCUT2D eigenvalue weighted by Gasteiger charge is -2.31. The number of hydrogen-bond acceptors (Lipinski definition) is 5. The molecule has 0 radical (unpaired) electrons. The van der Waals surface area contributed by atoms with E-state index >= 15 is 0 Å². The molecule has 0 bridgehead atoms. The van der Waals surface area contributed by atoms with Gasteiger partial charge in [-0.3, -0.25) is 4.90 Å². The van der Waals surface area contributed by atoms with Gasteiger partial charge in [0.15, 0.2) is 11.5 Å². The molecule has 1 aliphatic rings. The quantitative estimate of drug-likeness (QED) is 0.656. The Bertz CT molecular complexity index is 993. The smallest absolute Gasteiger partial charge is 0.161 e. The molecule has 0 unspecified atom stereocenters. The number of phenols is 1. The van der Waals surface area contributed by atoms with Crippen LogP contribution >= 0.6 is 0 Å². The van der Waals surface area contributed by atoms with E-state index in [-0.39, 0.29) is 12.4 Å². The van der Waals surface area contributed by atoms with Crippen molar-refractivity contribution in [3.8, 4) is 17.2 Å². The zero-order chi connectivity index (χ0) is 19.7. The summed E-state index contributed by atoms with van der Waals surface area (Å²) >= 11 is 0. The van der Waals surface area contributed by atoms with Crippen molar-refractivity contribution in [2.75, 3.05) is 33.9 Å². The molecule has 0 spiro atoms. The van der Waals surface area contributed by atoms with Gasteiger partial charge in [-0.1, -0.05) is 6.07 Å². The monoisotopic (exact) mass is 381 g/mol. The van der Waals surface area contributed by atoms with Gasteiger partial charge in [-0.05, 0) is 89.3 Å². The highest BCUT2D eigenvalue weighted by Gasteiger charge is 2.20. The van der Waals surface area contributed by atoms with Crippen LogP contribution in [0.25, 0.3) is 21.5 Å². The predicted octanol–water partition coefficient (Wildman–Crippen LogP) is 3.92. The van der Waals surface area contributed by atoms with Gasteiger partial charge in [0.1, 0.15) is 5.75 Å². The number of likely N-dealkylation sites (tertiary alicyclic amines) is 1. The molecule has 4 rings (SSSR count). The molecular formula is C23H27NO4. The van der Waals surface area contributed by atoms with E-state index in [0.717, 1.165) is 59.8 Å². The van der Waals surface area contributed by atoms with E-state index in [4.69, 9.17) is 9.47 Å². The molecule has 0 aromatic heterocycles. The molecule has 3 aromatic rings. The fourth-order valence-electron chi connectivity index (χ4n) is 4.21. The maximum absolute atomic E-state index is 10.4. The molecule has 148 valence electrons. The summed E-state index contributed by atoms with van der Waals surface area (Å²) in [4.78, 5) is 2.43. The van der Waals surface area contributed by atoms with Gasteiger partial charge < -0.3 is 19.7 Å². The van der Waals surface area contributed by atoms with Crippen molar-refractivity contribution in [2.24, 2.45) is 5.92 Å². The number of benzene rings is 3. The van der Waals surface area contributed by atoms with Gasteiger partial charge in [0.25, 0.3) is 0 Å². The Morgan fingerprint density at radius 2 is 1.75 bits per heavy atom. The second-order valence-corrected chi connectivity index (χ2v) is 7.59. The van der Waals surface area contributed by atoms with Crippen LogP contribution in [0.15, 0.2) is 36.4 Å². The van der Waals surface area contributed by atoms with Crippen molar-refractivity contribution in [3.05, 3.63) is 42.0 Å². The fraction of sp³-hybridized carbons (Fsp3) is 0.391. The molecule has 3 aromatic carbocycles. The maximum atomic E-state index is 10.4. The van der Waals surface area contributed by atoms with Gasteiger partial charge in [0, 0.05) is 13.2 Å². The number of piperidine rings is 1. The first-order valence-corrected chi connectivity index (χ1v) is 9.76. The number of nitrogens with zero attached hydrogens (tertiary/aromatic N) is 1. The second-order valence-electron chi connectivity index (χ2n) is 7.59. The third-order valence-electron chi connectivity index (χ3n) is 5.90. The predicted molar refractivity (Wildman–Crippen MR) is 111 cm³/mol. The van der Waals surface area contributed by atoms with Gasteiger partial charge in [0.2, 0.25) is 0 Å². The second kappa shape index (κ2) is 7.86. The summed E-state index contributed by atoms with van der Waals surface area (Å²) in [6.45, 7) is 3.07. The first-order valence-electron chi connectivity index (χ1n) is 9.76. The Balaban J connectivity index is 1.82. The zero-order valence-corrected chi connectivity index (χ0v) is 16.4. The summed E-state index contributed by atoms with van der Waals surface area (Å²) in [6.07, 6.45) is 2.05. The van der Waals surface area contributed by atoms with E-state index in [1.54, 1.807) is 14.2 Å². The molecule has 0 saturated carbocycles. The molecule has 0 atom stereocenters. The number of fused-ring (bicyclic) bond motifs is 3. The van der Waals surface area contributed by atoms with E-state index in [0.29, 0.717) is 11.7 Å². The minimum Gasteiger partial charge on any atom is -0.504 e. The van der Waals surface area contributed by atoms with E-state index in [1.807, 2.05) is 24.3 Å². The van der Waals surface area contributed by atoms with E-state index in [1.165, 1.54) is 5.56 Å². The Kier molecular flexibility index (Phi) is 5.29. The molecule has 1 saturated heterocycles. The van der Waals surface area contributed by atoms with Crippen molar-refractivity contribution in [1.29, 1.82) is 0 Å². The average molecular weight is 381 g/mol. The molecule has 0 aliphatic carbocycles. The molecule has 5 nitrogen and oxygen atoms in total. The average Bonchev–Trinajstić information content (AvgIpc) is 2.73. The van der Waals surface area contributed by atoms with Gasteiger partial charge in [-0.25, -0.2) is 0 Å². The number of aliphatic hydroxyl groups excluding tert-OH is 1. The van der Waals surface area contributed by atoms with Crippen LogP contribution in [-0.2, 0) is 6.54 Å². The Hall–Kier alpha value is -2.50. The number of aliphatic hydroxyl groups is 1. The van der Waals surface area contributed by atoms with Crippen molar-refractivity contribution < 1.29 is 19.7 Å². The summed E-state index contributed by atoms with van der Waals surface area (Å²) in [5.74, 6) is 1.85. The third kappa shape index (κ3) is 3.48. The summed E-state index contributed by atoms with van der Waals surface area (Å²) in [7, 11) is 3.24. The largest absolute Gasteiger partial charge is 0.504 e. The number of hydrogen-bond donors (Lipinski definition) is 2. The van der Waals surface area contributed by atoms with Crippen molar-refractivity contribution in [2.45, 2.75) is 19.4 Å². The highest BCUT2D eigenvalue weighted by molar-refractivity contribution is 6.10. The lowest BCUT2D eigenvalue weighted by atomic mass is 9.94. The van der Waals surface area contributed by atoms with E-state index in [9.17, 15) is 10.2 Å². The minimum absolute atomic E-state index is 0.150. The van der Waals surface area contributed by atoms with Gasteiger partial charge >= 0.3 is 0 Å². The molecular weight excluding hydrogens is 354 g/mol. The molecule has 1 aliphatic heterocycles. The Labute approximate surface area is 165 Å². The highest BCUT2D eigenvalue weighted by atomic mass is 16.5. The summed E-state index contributed by atoms with van der Waals surface area (Å²) in [5.41, 5.74) is 1.19. The molecule has 5 heteroatoms. The van der Waals surface area contributed by atoms with Crippen LogP contribution in [-0.4, -0.2) is 49.0 Å². The maximum Gasteiger partial charge on any atom is 0.161 e. The first kappa shape index (κ1) is 18.8. The summed E-state index contributed by atoms with van der Waals surface area (Å²) in [6, 6.07) is 12.0. The van der Waals surface area contributed by atoms with Crippen LogP contribution < -0.4 is 9.47 Å². The summed E-state index contributed by atoms with van der Waals surface area (Å²) < 4.78 is 10.8. The van der Waals surface area contributed by atoms with Gasteiger partial charge in [-0.15, -0.1) is 0 Å². The molecule has 2 N–H and O–H groups in total.